The largest absolute Gasteiger partial charge is 0.496 e. The lowest BCUT2D eigenvalue weighted by Gasteiger charge is -2.17. The van der Waals surface area contributed by atoms with Crippen LogP contribution in [0.15, 0.2) is 30.6 Å². The third kappa shape index (κ3) is 2.29. The van der Waals surface area contributed by atoms with Crippen LogP contribution in [0.2, 0.25) is 0 Å². The van der Waals surface area contributed by atoms with Crippen LogP contribution in [0.25, 0.3) is 0 Å². The van der Waals surface area contributed by atoms with Crippen molar-refractivity contribution in [1.29, 1.82) is 0 Å². The average molecular weight is 235 g/mol. The van der Waals surface area contributed by atoms with E-state index in [0.717, 1.165) is 5.82 Å². The SMILES string of the molecule is CNC(c1ncc[nH]1)c1cc(F)ccc1OC. The molecule has 0 spiro atoms. The fourth-order valence-corrected chi connectivity index (χ4v) is 1.81. The molecule has 1 aromatic carbocycles. The Hall–Kier alpha value is -1.88. The zero-order valence-electron chi connectivity index (χ0n) is 9.70. The van der Waals surface area contributed by atoms with Crippen LogP contribution >= 0.6 is 0 Å². The maximum absolute atomic E-state index is 13.3. The summed E-state index contributed by atoms with van der Waals surface area (Å²) in [5, 5.41) is 3.08. The van der Waals surface area contributed by atoms with Crippen molar-refractivity contribution in [3.8, 4) is 5.75 Å². The molecule has 1 atom stereocenters. The smallest absolute Gasteiger partial charge is 0.127 e. The van der Waals surface area contributed by atoms with E-state index in [1.54, 1.807) is 32.6 Å². The standard InChI is InChI=1S/C12H14FN3O/c1-14-11(12-15-5-6-16-12)9-7-8(13)3-4-10(9)17-2/h3-7,11,14H,1-2H3,(H,15,16). The van der Waals surface area contributed by atoms with Gasteiger partial charge in [-0.15, -0.1) is 0 Å². The van der Waals surface area contributed by atoms with Crippen molar-refractivity contribution >= 4 is 0 Å². The summed E-state index contributed by atoms with van der Waals surface area (Å²) in [5.41, 5.74) is 0.713. The molecular formula is C12H14FN3O. The number of aromatic amines is 1. The minimum absolute atomic E-state index is 0.226. The molecule has 2 aromatic rings. The van der Waals surface area contributed by atoms with Crippen molar-refractivity contribution in [3.05, 3.63) is 47.8 Å². The maximum Gasteiger partial charge on any atom is 0.127 e. The lowest BCUT2D eigenvalue weighted by atomic mass is 10.1. The second-order valence-corrected chi connectivity index (χ2v) is 3.58. The number of aromatic nitrogens is 2. The highest BCUT2D eigenvalue weighted by atomic mass is 19.1. The zero-order valence-corrected chi connectivity index (χ0v) is 9.70. The zero-order chi connectivity index (χ0) is 12.3. The van der Waals surface area contributed by atoms with E-state index in [9.17, 15) is 4.39 Å². The van der Waals surface area contributed by atoms with Gasteiger partial charge in [-0.05, 0) is 25.2 Å². The highest BCUT2D eigenvalue weighted by molar-refractivity contribution is 5.39. The summed E-state index contributed by atoms with van der Waals surface area (Å²) >= 11 is 0. The third-order valence-corrected chi connectivity index (χ3v) is 2.58. The molecule has 17 heavy (non-hydrogen) atoms. The summed E-state index contributed by atoms with van der Waals surface area (Å²) in [6.45, 7) is 0. The first-order chi connectivity index (χ1) is 8.26. The van der Waals surface area contributed by atoms with Gasteiger partial charge < -0.3 is 15.0 Å². The lowest BCUT2D eigenvalue weighted by Crippen LogP contribution is -2.20. The van der Waals surface area contributed by atoms with Crippen LogP contribution in [0.5, 0.6) is 5.75 Å². The van der Waals surface area contributed by atoms with Crippen LogP contribution in [0, 0.1) is 5.82 Å². The summed E-state index contributed by atoms with van der Waals surface area (Å²) in [6.07, 6.45) is 3.39. The maximum atomic E-state index is 13.3. The third-order valence-electron chi connectivity index (χ3n) is 2.58. The van der Waals surface area contributed by atoms with Gasteiger partial charge in [0.2, 0.25) is 0 Å². The average Bonchev–Trinajstić information content (AvgIpc) is 2.84. The number of nitrogens with one attached hydrogen (secondary N) is 2. The molecule has 0 aliphatic carbocycles. The van der Waals surface area contributed by atoms with Gasteiger partial charge in [0.05, 0.1) is 13.2 Å². The van der Waals surface area contributed by atoms with Crippen molar-refractivity contribution in [3.63, 3.8) is 0 Å². The molecule has 4 nitrogen and oxygen atoms in total. The van der Waals surface area contributed by atoms with E-state index >= 15 is 0 Å². The Kier molecular flexibility index (Phi) is 3.39. The van der Waals surface area contributed by atoms with Crippen molar-refractivity contribution in [2.45, 2.75) is 6.04 Å². The number of methoxy groups -OCH3 is 1. The van der Waals surface area contributed by atoms with Gasteiger partial charge in [-0.1, -0.05) is 0 Å². The molecule has 2 N–H and O–H groups in total. The number of halogens is 1. The summed E-state index contributed by atoms with van der Waals surface area (Å²) in [4.78, 5) is 7.18. The predicted molar refractivity (Wildman–Crippen MR) is 62.4 cm³/mol. The molecule has 2 rings (SSSR count). The van der Waals surface area contributed by atoms with E-state index in [-0.39, 0.29) is 11.9 Å². The first-order valence-corrected chi connectivity index (χ1v) is 5.26. The van der Waals surface area contributed by atoms with E-state index < -0.39 is 0 Å². The normalized spacial score (nSPS) is 12.4. The Morgan fingerprint density at radius 2 is 2.29 bits per heavy atom. The minimum atomic E-state index is -0.299. The number of nitrogens with zero attached hydrogens (tertiary/aromatic N) is 1. The Morgan fingerprint density at radius 3 is 2.88 bits per heavy atom. The van der Waals surface area contributed by atoms with Gasteiger partial charge in [-0.2, -0.15) is 0 Å². The molecule has 90 valence electrons. The molecule has 0 amide bonds. The van der Waals surface area contributed by atoms with E-state index in [2.05, 4.69) is 15.3 Å². The number of rotatable bonds is 4. The topological polar surface area (TPSA) is 49.9 Å². The summed E-state index contributed by atoms with van der Waals surface area (Å²) < 4.78 is 18.5. The number of ether oxygens (including phenoxy) is 1. The van der Waals surface area contributed by atoms with E-state index in [1.165, 1.54) is 12.1 Å². The summed E-state index contributed by atoms with van der Waals surface area (Å²) in [6, 6.07) is 4.20. The van der Waals surface area contributed by atoms with Gasteiger partial charge in [0.25, 0.3) is 0 Å². The molecule has 0 radical (unpaired) electrons. The van der Waals surface area contributed by atoms with Crippen LogP contribution in [0.1, 0.15) is 17.4 Å². The van der Waals surface area contributed by atoms with E-state index in [1.807, 2.05) is 0 Å². The molecule has 0 saturated heterocycles. The lowest BCUT2D eigenvalue weighted by molar-refractivity contribution is 0.403. The molecular weight excluding hydrogens is 221 g/mol. The molecule has 0 bridgehead atoms. The highest BCUT2D eigenvalue weighted by Crippen LogP contribution is 2.28. The molecule has 1 aromatic heterocycles. The van der Waals surface area contributed by atoms with Crippen molar-refractivity contribution in [2.24, 2.45) is 0 Å². The van der Waals surface area contributed by atoms with Crippen molar-refractivity contribution < 1.29 is 9.13 Å². The highest BCUT2D eigenvalue weighted by Gasteiger charge is 2.19. The van der Waals surface area contributed by atoms with Gasteiger partial charge in [-0.25, -0.2) is 9.37 Å². The Balaban J connectivity index is 2.46. The number of hydrogen-bond donors (Lipinski definition) is 2. The summed E-state index contributed by atoms with van der Waals surface area (Å²) in [7, 11) is 3.35. The fourth-order valence-electron chi connectivity index (χ4n) is 1.81. The van der Waals surface area contributed by atoms with Gasteiger partial charge in [0.1, 0.15) is 17.4 Å². The Labute approximate surface area is 98.8 Å². The van der Waals surface area contributed by atoms with Crippen molar-refractivity contribution in [2.75, 3.05) is 14.2 Å². The molecule has 0 saturated carbocycles. The van der Waals surface area contributed by atoms with Gasteiger partial charge in [0.15, 0.2) is 0 Å². The fraction of sp³-hybridized carbons (Fsp3) is 0.250. The molecule has 1 unspecified atom stereocenters. The van der Waals surface area contributed by atoms with Gasteiger partial charge in [0, 0.05) is 18.0 Å². The summed E-state index contributed by atoms with van der Waals surface area (Å²) in [5.74, 6) is 1.05. The van der Waals surface area contributed by atoms with E-state index in [0.29, 0.717) is 11.3 Å². The van der Waals surface area contributed by atoms with Crippen molar-refractivity contribution in [1.82, 2.24) is 15.3 Å². The monoisotopic (exact) mass is 235 g/mol. The van der Waals surface area contributed by atoms with Gasteiger partial charge >= 0.3 is 0 Å². The number of imidazole rings is 1. The first kappa shape index (κ1) is 11.6. The molecule has 0 aliphatic heterocycles. The molecule has 0 aliphatic rings. The predicted octanol–water partition coefficient (Wildman–Crippen LogP) is 1.87. The van der Waals surface area contributed by atoms with Gasteiger partial charge in [-0.3, -0.25) is 0 Å². The molecule has 5 heteroatoms. The second kappa shape index (κ2) is 4.97. The molecule has 1 heterocycles. The number of H-pyrrole nitrogens is 1. The van der Waals surface area contributed by atoms with Crippen LogP contribution in [0.3, 0.4) is 0 Å². The van der Waals surface area contributed by atoms with Crippen LogP contribution in [-0.2, 0) is 0 Å². The van der Waals surface area contributed by atoms with Crippen LogP contribution in [-0.4, -0.2) is 24.1 Å². The van der Waals surface area contributed by atoms with Crippen LogP contribution < -0.4 is 10.1 Å². The minimum Gasteiger partial charge on any atom is -0.496 e. The Morgan fingerprint density at radius 1 is 1.47 bits per heavy atom. The molecule has 0 fully saturated rings. The van der Waals surface area contributed by atoms with E-state index in [4.69, 9.17) is 4.74 Å². The number of hydrogen-bond acceptors (Lipinski definition) is 3. The Bertz CT molecular complexity index is 485. The van der Waals surface area contributed by atoms with Crippen LogP contribution in [0.4, 0.5) is 4.39 Å². The first-order valence-electron chi connectivity index (χ1n) is 5.26. The quantitative estimate of drug-likeness (QED) is 0.850. The number of benzene rings is 1. The second-order valence-electron chi connectivity index (χ2n) is 3.58.